The lowest BCUT2D eigenvalue weighted by Gasteiger charge is -2.09. The average Bonchev–Trinajstić information content (AvgIpc) is 2.11. The van der Waals surface area contributed by atoms with E-state index in [0.717, 1.165) is 19.3 Å². The third-order valence-electron chi connectivity index (χ3n) is 2.34. The lowest BCUT2D eigenvalue weighted by atomic mass is 9.97. The molecule has 0 aromatic rings. The highest BCUT2D eigenvalue weighted by atomic mass is 16.4. The molecular formula is C11H20O2. The molecule has 0 aromatic heterocycles. The van der Waals surface area contributed by atoms with Crippen molar-refractivity contribution in [3.05, 3.63) is 11.6 Å². The van der Waals surface area contributed by atoms with Crippen molar-refractivity contribution in [2.24, 2.45) is 5.92 Å². The Morgan fingerprint density at radius 3 is 2.15 bits per heavy atom. The van der Waals surface area contributed by atoms with Crippen LogP contribution in [0.25, 0.3) is 0 Å². The second-order valence-corrected chi connectivity index (χ2v) is 3.30. The molecule has 0 saturated heterocycles. The van der Waals surface area contributed by atoms with Crippen LogP contribution in [0.5, 0.6) is 0 Å². The summed E-state index contributed by atoms with van der Waals surface area (Å²) in [6.07, 6.45) is 5.38. The van der Waals surface area contributed by atoms with E-state index in [-0.39, 0.29) is 12.3 Å². The van der Waals surface area contributed by atoms with Gasteiger partial charge in [-0.15, -0.1) is 0 Å². The maximum atomic E-state index is 10.5. The van der Waals surface area contributed by atoms with Crippen LogP contribution < -0.4 is 0 Å². The molecule has 1 N–H and O–H groups in total. The highest BCUT2D eigenvalue weighted by molar-refractivity contribution is 5.67. The molecule has 1 unspecified atom stereocenters. The SMILES string of the molecule is CCC(=CC(CC)CC(=O)O)CC. The zero-order valence-electron chi connectivity index (χ0n) is 8.84. The van der Waals surface area contributed by atoms with Crippen LogP contribution in [0.4, 0.5) is 0 Å². The van der Waals surface area contributed by atoms with Gasteiger partial charge < -0.3 is 5.11 Å². The van der Waals surface area contributed by atoms with Gasteiger partial charge in [-0.05, 0) is 25.2 Å². The van der Waals surface area contributed by atoms with Crippen molar-refractivity contribution in [1.29, 1.82) is 0 Å². The fourth-order valence-electron chi connectivity index (χ4n) is 1.36. The van der Waals surface area contributed by atoms with E-state index < -0.39 is 5.97 Å². The van der Waals surface area contributed by atoms with Crippen LogP contribution >= 0.6 is 0 Å². The van der Waals surface area contributed by atoms with E-state index in [1.807, 2.05) is 6.92 Å². The Hall–Kier alpha value is -0.790. The molecule has 0 heterocycles. The van der Waals surface area contributed by atoms with E-state index in [1.54, 1.807) is 0 Å². The summed E-state index contributed by atoms with van der Waals surface area (Å²) in [4.78, 5) is 10.5. The molecule has 0 aliphatic rings. The Bertz CT molecular complexity index is 177. The van der Waals surface area contributed by atoms with Crippen molar-refractivity contribution in [3.63, 3.8) is 0 Å². The second-order valence-electron chi connectivity index (χ2n) is 3.30. The lowest BCUT2D eigenvalue weighted by Crippen LogP contribution is -2.05. The van der Waals surface area contributed by atoms with Gasteiger partial charge in [-0.25, -0.2) is 0 Å². The molecule has 0 aromatic carbocycles. The number of carboxylic acid groups (broad SMARTS) is 1. The van der Waals surface area contributed by atoms with E-state index in [9.17, 15) is 4.79 Å². The van der Waals surface area contributed by atoms with Gasteiger partial charge in [-0.2, -0.15) is 0 Å². The van der Waals surface area contributed by atoms with Crippen LogP contribution in [0.1, 0.15) is 46.5 Å². The number of carboxylic acids is 1. The van der Waals surface area contributed by atoms with Crippen molar-refractivity contribution < 1.29 is 9.90 Å². The van der Waals surface area contributed by atoms with Gasteiger partial charge >= 0.3 is 5.97 Å². The maximum absolute atomic E-state index is 10.5. The Labute approximate surface area is 80.7 Å². The molecule has 0 spiro atoms. The van der Waals surface area contributed by atoms with Gasteiger partial charge in [-0.3, -0.25) is 4.79 Å². The standard InChI is InChI=1S/C11H20O2/c1-4-9(5-2)7-10(6-3)8-11(12)13/h7,10H,4-6,8H2,1-3H3,(H,12,13). The third kappa shape index (κ3) is 5.45. The summed E-state index contributed by atoms with van der Waals surface area (Å²) in [6.45, 7) is 6.26. The fourth-order valence-corrected chi connectivity index (χ4v) is 1.36. The van der Waals surface area contributed by atoms with E-state index >= 15 is 0 Å². The molecule has 13 heavy (non-hydrogen) atoms. The topological polar surface area (TPSA) is 37.3 Å². The van der Waals surface area contributed by atoms with Gasteiger partial charge in [0.15, 0.2) is 0 Å². The number of hydrogen-bond donors (Lipinski definition) is 1. The molecule has 76 valence electrons. The molecule has 0 aliphatic carbocycles. The largest absolute Gasteiger partial charge is 0.481 e. The Kier molecular flexibility index (Phi) is 6.29. The average molecular weight is 184 g/mol. The van der Waals surface area contributed by atoms with Gasteiger partial charge in [0.2, 0.25) is 0 Å². The normalized spacial score (nSPS) is 12.2. The number of allylic oxidation sites excluding steroid dienone is 2. The zero-order valence-corrected chi connectivity index (χ0v) is 8.84. The van der Waals surface area contributed by atoms with Crippen LogP contribution in [-0.2, 0) is 4.79 Å². The first-order valence-corrected chi connectivity index (χ1v) is 5.05. The Balaban J connectivity index is 4.22. The molecule has 0 rings (SSSR count). The molecule has 2 nitrogen and oxygen atoms in total. The predicted octanol–water partition coefficient (Wildman–Crippen LogP) is 3.23. The zero-order chi connectivity index (χ0) is 10.3. The molecule has 0 aliphatic heterocycles. The minimum Gasteiger partial charge on any atom is -0.481 e. The molecular weight excluding hydrogens is 164 g/mol. The Morgan fingerprint density at radius 2 is 1.85 bits per heavy atom. The molecule has 1 atom stereocenters. The van der Waals surface area contributed by atoms with Gasteiger partial charge in [0.25, 0.3) is 0 Å². The van der Waals surface area contributed by atoms with Gasteiger partial charge in [0, 0.05) is 0 Å². The van der Waals surface area contributed by atoms with Gasteiger partial charge in [0.1, 0.15) is 0 Å². The molecule has 0 amide bonds. The van der Waals surface area contributed by atoms with Crippen LogP contribution in [-0.4, -0.2) is 11.1 Å². The minimum atomic E-state index is -0.699. The van der Waals surface area contributed by atoms with E-state index in [2.05, 4.69) is 19.9 Å². The van der Waals surface area contributed by atoms with Crippen LogP contribution in [0, 0.1) is 5.92 Å². The van der Waals surface area contributed by atoms with Crippen molar-refractivity contribution in [3.8, 4) is 0 Å². The highest BCUT2D eigenvalue weighted by Gasteiger charge is 2.08. The molecule has 2 heteroatoms. The van der Waals surface area contributed by atoms with Crippen molar-refractivity contribution in [2.75, 3.05) is 0 Å². The van der Waals surface area contributed by atoms with Crippen molar-refractivity contribution >= 4 is 5.97 Å². The molecule has 0 radical (unpaired) electrons. The summed E-state index contributed by atoms with van der Waals surface area (Å²) < 4.78 is 0. The molecule has 0 fully saturated rings. The second kappa shape index (κ2) is 6.70. The summed E-state index contributed by atoms with van der Waals surface area (Å²) >= 11 is 0. The monoisotopic (exact) mass is 184 g/mol. The smallest absolute Gasteiger partial charge is 0.303 e. The fraction of sp³-hybridized carbons (Fsp3) is 0.727. The maximum Gasteiger partial charge on any atom is 0.303 e. The summed E-state index contributed by atoms with van der Waals surface area (Å²) in [5.41, 5.74) is 1.37. The van der Waals surface area contributed by atoms with Crippen LogP contribution in [0.15, 0.2) is 11.6 Å². The lowest BCUT2D eigenvalue weighted by molar-refractivity contribution is -0.137. The summed E-state index contributed by atoms with van der Waals surface area (Å²) in [7, 11) is 0. The van der Waals surface area contributed by atoms with E-state index in [1.165, 1.54) is 5.57 Å². The minimum absolute atomic E-state index is 0.215. The first-order valence-electron chi connectivity index (χ1n) is 5.05. The van der Waals surface area contributed by atoms with Crippen LogP contribution in [0.3, 0.4) is 0 Å². The third-order valence-corrected chi connectivity index (χ3v) is 2.34. The quantitative estimate of drug-likeness (QED) is 0.643. The number of hydrogen-bond acceptors (Lipinski definition) is 1. The van der Waals surface area contributed by atoms with E-state index in [0.29, 0.717) is 0 Å². The first-order chi connectivity index (χ1) is 6.13. The predicted molar refractivity (Wildman–Crippen MR) is 54.7 cm³/mol. The highest BCUT2D eigenvalue weighted by Crippen LogP contribution is 2.16. The summed E-state index contributed by atoms with van der Waals surface area (Å²) in [6, 6.07) is 0. The van der Waals surface area contributed by atoms with Crippen molar-refractivity contribution in [2.45, 2.75) is 46.5 Å². The van der Waals surface area contributed by atoms with Crippen molar-refractivity contribution in [1.82, 2.24) is 0 Å². The summed E-state index contributed by atoms with van der Waals surface area (Å²) in [5.74, 6) is -0.484. The van der Waals surface area contributed by atoms with Gasteiger partial charge in [-0.1, -0.05) is 32.4 Å². The summed E-state index contributed by atoms with van der Waals surface area (Å²) in [5, 5.41) is 8.64. The Morgan fingerprint density at radius 1 is 1.31 bits per heavy atom. The molecule has 0 saturated carbocycles. The number of rotatable bonds is 6. The number of aliphatic carboxylic acids is 1. The number of carbonyl (C=O) groups is 1. The van der Waals surface area contributed by atoms with Crippen LogP contribution in [0.2, 0.25) is 0 Å². The van der Waals surface area contributed by atoms with E-state index in [4.69, 9.17) is 5.11 Å². The molecule has 0 bridgehead atoms. The van der Waals surface area contributed by atoms with Gasteiger partial charge in [0.05, 0.1) is 6.42 Å². The first kappa shape index (κ1) is 12.2.